The Morgan fingerprint density at radius 3 is 2.55 bits per heavy atom. The maximum Gasteiger partial charge on any atom is 0.306 e. The van der Waals surface area contributed by atoms with Crippen molar-refractivity contribution in [3.8, 4) is 0 Å². The monoisotopic (exact) mass is 299 g/mol. The summed E-state index contributed by atoms with van der Waals surface area (Å²) in [7, 11) is -3.65. The first-order valence-corrected chi connectivity index (χ1v) is 7.76. The predicted octanol–water partition coefficient (Wildman–Crippen LogP) is 0.843. The number of hydrogen-bond acceptors (Lipinski definition) is 4. The summed E-state index contributed by atoms with van der Waals surface area (Å²) in [5, 5.41) is 8.90. The van der Waals surface area contributed by atoms with Crippen molar-refractivity contribution in [2.24, 2.45) is 5.92 Å². The molecule has 1 saturated heterocycles. The lowest BCUT2D eigenvalue weighted by molar-refractivity contribution is -0.142. The minimum Gasteiger partial charge on any atom is -0.481 e. The number of aryl methyl sites for hydroxylation is 1. The summed E-state index contributed by atoms with van der Waals surface area (Å²) in [4.78, 5) is 14.9. The van der Waals surface area contributed by atoms with Crippen molar-refractivity contribution in [1.82, 2.24) is 9.29 Å². The van der Waals surface area contributed by atoms with E-state index < -0.39 is 22.1 Å². The first-order chi connectivity index (χ1) is 9.38. The molecule has 2 rings (SSSR count). The molecule has 0 bridgehead atoms. The molecule has 0 radical (unpaired) electrons. The number of aliphatic carboxylic acids is 1. The Bertz CT molecular complexity index is 577. The highest BCUT2D eigenvalue weighted by Crippen LogP contribution is 2.20. The lowest BCUT2D eigenvalue weighted by Gasteiger charge is -2.29. The summed E-state index contributed by atoms with van der Waals surface area (Å²) in [6, 6.07) is 3.36. The first-order valence-electron chi connectivity index (χ1n) is 6.32. The fraction of sp³-hybridized carbons (Fsp3) is 0.500. The molecule has 1 aromatic heterocycles. The molecule has 0 amide bonds. The number of aromatic nitrogens is 1. The van der Waals surface area contributed by atoms with Crippen LogP contribution in [0.2, 0.25) is 0 Å². The van der Waals surface area contributed by atoms with E-state index >= 15 is 0 Å². The molecule has 0 atom stereocenters. The molecule has 110 valence electrons. The Hall–Kier alpha value is -1.67. The second-order valence-electron chi connectivity index (χ2n) is 4.81. The molecular weight excluding hydrogens is 282 g/mol. The highest BCUT2D eigenvalue weighted by Gasteiger charge is 2.30. The van der Waals surface area contributed by atoms with Crippen LogP contribution >= 0.6 is 0 Å². The van der Waals surface area contributed by atoms with Crippen LogP contribution in [-0.4, -0.2) is 41.9 Å². The fourth-order valence-corrected chi connectivity index (χ4v) is 3.32. The molecule has 0 aliphatic carbocycles. The normalized spacial score (nSPS) is 17.9. The highest BCUT2D eigenvalue weighted by molar-refractivity contribution is 7.90. The zero-order chi connectivity index (χ0) is 14.8. The van der Waals surface area contributed by atoms with Gasteiger partial charge in [0.1, 0.15) is 0 Å². The van der Waals surface area contributed by atoms with Crippen molar-refractivity contribution >= 4 is 21.9 Å². The van der Waals surface area contributed by atoms with Gasteiger partial charge in [-0.1, -0.05) is 0 Å². The Kier molecular flexibility index (Phi) is 4.24. The fourth-order valence-electron chi connectivity index (χ4n) is 2.08. The standard InChI is InChI=1S/C12H17N3O4S/c1-9-2-3-11(8-13-9)14-20(18,19)15-6-4-10(5-7-15)12(16)17/h2-3,8,10,14H,4-7H2,1H3,(H,16,17). The zero-order valence-electron chi connectivity index (χ0n) is 11.1. The van der Waals surface area contributed by atoms with E-state index in [4.69, 9.17) is 5.11 Å². The molecule has 8 heteroatoms. The number of nitrogens with one attached hydrogen (secondary N) is 1. The van der Waals surface area contributed by atoms with E-state index in [0.717, 1.165) is 5.69 Å². The molecule has 0 spiro atoms. The van der Waals surface area contributed by atoms with E-state index in [1.54, 1.807) is 12.1 Å². The van der Waals surface area contributed by atoms with Gasteiger partial charge in [0.05, 0.1) is 17.8 Å². The molecule has 1 fully saturated rings. The van der Waals surface area contributed by atoms with Crippen molar-refractivity contribution in [1.29, 1.82) is 0 Å². The van der Waals surface area contributed by atoms with Gasteiger partial charge in [-0.05, 0) is 31.9 Å². The zero-order valence-corrected chi connectivity index (χ0v) is 11.9. The van der Waals surface area contributed by atoms with Crippen LogP contribution in [0.5, 0.6) is 0 Å². The van der Waals surface area contributed by atoms with Gasteiger partial charge in [0.25, 0.3) is 0 Å². The van der Waals surface area contributed by atoms with E-state index in [0.29, 0.717) is 18.5 Å². The Balaban J connectivity index is 2.01. The van der Waals surface area contributed by atoms with Crippen LogP contribution < -0.4 is 4.72 Å². The van der Waals surface area contributed by atoms with Crippen LogP contribution in [0.25, 0.3) is 0 Å². The van der Waals surface area contributed by atoms with E-state index in [1.165, 1.54) is 10.5 Å². The molecule has 2 heterocycles. The largest absolute Gasteiger partial charge is 0.481 e. The number of carbonyl (C=O) groups is 1. The highest BCUT2D eigenvalue weighted by atomic mass is 32.2. The van der Waals surface area contributed by atoms with E-state index in [2.05, 4.69) is 9.71 Å². The molecule has 0 aromatic carbocycles. The van der Waals surface area contributed by atoms with Gasteiger partial charge in [0.15, 0.2) is 0 Å². The van der Waals surface area contributed by atoms with Crippen LogP contribution in [0.15, 0.2) is 18.3 Å². The lowest BCUT2D eigenvalue weighted by atomic mass is 9.99. The third kappa shape index (κ3) is 3.45. The molecule has 1 aliphatic rings. The Morgan fingerprint density at radius 2 is 2.05 bits per heavy atom. The van der Waals surface area contributed by atoms with Crippen molar-refractivity contribution in [2.75, 3.05) is 17.8 Å². The third-order valence-electron chi connectivity index (χ3n) is 3.30. The topological polar surface area (TPSA) is 99.6 Å². The van der Waals surface area contributed by atoms with Gasteiger partial charge in [-0.2, -0.15) is 12.7 Å². The van der Waals surface area contributed by atoms with Crippen LogP contribution in [0.4, 0.5) is 5.69 Å². The van der Waals surface area contributed by atoms with E-state index in [9.17, 15) is 13.2 Å². The van der Waals surface area contributed by atoms with Gasteiger partial charge in [0, 0.05) is 18.8 Å². The number of hydrogen-bond donors (Lipinski definition) is 2. The van der Waals surface area contributed by atoms with Gasteiger partial charge in [-0.25, -0.2) is 0 Å². The van der Waals surface area contributed by atoms with Crippen molar-refractivity contribution in [2.45, 2.75) is 19.8 Å². The van der Waals surface area contributed by atoms with Crippen molar-refractivity contribution < 1.29 is 18.3 Å². The summed E-state index contributed by atoms with van der Waals surface area (Å²) >= 11 is 0. The summed E-state index contributed by atoms with van der Waals surface area (Å²) in [5.74, 6) is -1.32. The quantitative estimate of drug-likeness (QED) is 0.858. The smallest absolute Gasteiger partial charge is 0.306 e. The molecule has 0 saturated carbocycles. The minimum atomic E-state index is -3.65. The average Bonchev–Trinajstić information content (AvgIpc) is 2.41. The summed E-state index contributed by atoms with van der Waals surface area (Å²) in [6.45, 7) is 2.24. The summed E-state index contributed by atoms with van der Waals surface area (Å²) < 4.78 is 28.0. The van der Waals surface area contributed by atoms with Gasteiger partial charge in [-0.15, -0.1) is 0 Å². The van der Waals surface area contributed by atoms with Gasteiger partial charge in [0.2, 0.25) is 0 Å². The van der Waals surface area contributed by atoms with Crippen LogP contribution in [0.3, 0.4) is 0 Å². The van der Waals surface area contributed by atoms with Gasteiger partial charge < -0.3 is 5.11 Å². The number of piperidine rings is 1. The number of rotatable bonds is 4. The average molecular weight is 299 g/mol. The number of carboxylic acids is 1. The summed E-state index contributed by atoms with van der Waals surface area (Å²) in [5.41, 5.74) is 1.20. The number of nitrogens with zero attached hydrogens (tertiary/aromatic N) is 2. The van der Waals surface area contributed by atoms with Crippen molar-refractivity contribution in [3.63, 3.8) is 0 Å². The number of pyridine rings is 1. The van der Waals surface area contributed by atoms with Gasteiger partial charge >= 0.3 is 16.2 Å². The van der Waals surface area contributed by atoms with Crippen LogP contribution in [-0.2, 0) is 15.0 Å². The maximum atomic E-state index is 12.2. The molecule has 1 aromatic rings. The predicted molar refractivity (Wildman–Crippen MR) is 73.4 cm³/mol. The molecule has 1 aliphatic heterocycles. The molecule has 0 unspecified atom stereocenters. The van der Waals surface area contributed by atoms with E-state index in [-0.39, 0.29) is 13.1 Å². The van der Waals surface area contributed by atoms with Gasteiger partial charge in [-0.3, -0.25) is 14.5 Å². The summed E-state index contributed by atoms with van der Waals surface area (Å²) in [6.07, 6.45) is 2.13. The second-order valence-corrected chi connectivity index (χ2v) is 6.48. The number of carboxylic acid groups (broad SMARTS) is 1. The number of anilines is 1. The van der Waals surface area contributed by atoms with Crippen molar-refractivity contribution in [3.05, 3.63) is 24.0 Å². The second kappa shape index (κ2) is 5.76. The molecule has 7 nitrogen and oxygen atoms in total. The molecular formula is C12H17N3O4S. The SMILES string of the molecule is Cc1ccc(NS(=O)(=O)N2CCC(C(=O)O)CC2)cn1. The minimum absolute atomic E-state index is 0.214. The Morgan fingerprint density at radius 1 is 1.40 bits per heavy atom. The van der Waals surface area contributed by atoms with Crippen LogP contribution in [0.1, 0.15) is 18.5 Å². The first kappa shape index (κ1) is 14.7. The molecule has 2 N–H and O–H groups in total. The molecule has 20 heavy (non-hydrogen) atoms. The maximum absolute atomic E-state index is 12.2. The third-order valence-corrected chi connectivity index (χ3v) is 4.84. The lowest BCUT2D eigenvalue weighted by Crippen LogP contribution is -2.42. The van der Waals surface area contributed by atoms with Crippen LogP contribution in [0, 0.1) is 12.8 Å². The Labute approximate surface area is 117 Å². The van der Waals surface area contributed by atoms with E-state index in [1.807, 2.05) is 6.92 Å².